The summed E-state index contributed by atoms with van der Waals surface area (Å²) in [6, 6.07) is 14.8. The van der Waals surface area contributed by atoms with Gasteiger partial charge in [0.25, 0.3) is 0 Å². The number of urea groups is 1. The Morgan fingerprint density at radius 2 is 2.13 bits per heavy atom. The maximum absolute atomic E-state index is 12.5. The molecule has 0 radical (unpaired) electrons. The Hall–Kier alpha value is -3.83. The molecule has 1 aromatic heterocycles. The number of benzene rings is 2. The third kappa shape index (κ3) is 3.83. The molecule has 8 heteroatoms. The van der Waals surface area contributed by atoms with Gasteiger partial charge in [-0.2, -0.15) is 5.26 Å². The number of imidazole rings is 1. The van der Waals surface area contributed by atoms with Crippen molar-refractivity contribution in [3.63, 3.8) is 0 Å². The van der Waals surface area contributed by atoms with E-state index in [4.69, 9.17) is 9.47 Å². The molecule has 0 spiro atoms. The second-order valence-electron chi connectivity index (χ2n) is 6.79. The molecule has 2 heterocycles. The number of carbonyl (C=O) groups is 1. The minimum atomic E-state index is -0.339. The van der Waals surface area contributed by atoms with Gasteiger partial charge in [-0.05, 0) is 17.7 Å². The predicted octanol–water partition coefficient (Wildman–Crippen LogP) is 3.17. The van der Waals surface area contributed by atoms with Gasteiger partial charge in [0, 0.05) is 31.0 Å². The molecule has 1 atom stereocenters. The summed E-state index contributed by atoms with van der Waals surface area (Å²) in [6.45, 7) is 1.14. The Balaban J connectivity index is 1.41. The molecule has 0 saturated heterocycles. The number of nitrogens with one attached hydrogen (secondary N) is 2. The summed E-state index contributed by atoms with van der Waals surface area (Å²) in [5.74, 6) is 0.403. The van der Waals surface area contributed by atoms with Crippen LogP contribution in [0.1, 0.15) is 17.2 Å². The first-order chi connectivity index (χ1) is 14.7. The fourth-order valence-corrected chi connectivity index (χ4v) is 3.55. The summed E-state index contributed by atoms with van der Waals surface area (Å²) >= 11 is 0. The first-order valence-electron chi connectivity index (χ1n) is 9.53. The first-order valence-corrected chi connectivity index (χ1v) is 9.53. The predicted molar refractivity (Wildman–Crippen MR) is 111 cm³/mol. The molecule has 8 nitrogen and oxygen atoms in total. The summed E-state index contributed by atoms with van der Waals surface area (Å²) in [5, 5.41) is 14.9. The lowest BCUT2D eigenvalue weighted by Gasteiger charge is -2.16. The Morgan fingerprint density at radius 1 is 1.27 bits per heavy atom. The van der Waals surface area contributed by atoms with Crippen LogP contribution in [0.25, 0.3) is 11.3 Å². The molecule has 0 aliphatic carbocycles. The molecule has 152 valence electrons. The van der Waals surface area contributed by atoms with E-state index in [1.165, 1.54) is 0 Å². The van der Waals surface area contributed by atoms with Gasteiger partial charge in [0.2, 0.25) is 0 Å². The molecule has 2 amide bonds. The van der Waals surface area contributed by atoms with Crippen LogP contribution < -0.4 is 15.4 Å². The maximum Gasteiger partial charge on any atom is 0.319 e. The van der Waals surface area contributed by atoms with Gasteiger partial charge in [-0.3, -0.25) is 0 Å². The number of anilines is 1. The average Bonchev–Trinajstić information content (AvgIpc) is 3.34. The van der Waals surface area contributed by atoms with Gasteiger partial charge in [-0.15, -0.1) is 0 Å². The number of amides is 2. The monoisotopic (exact) mass is 403 g/mol. The Kier molecular flexibility index (Phi) is 5.63. The third-order valence-electron chi connectivity index (χ3n) is 4.96. The molecule has 1 aliphatic rings. The minimum absolute atomic E-state index is 0.0154. The quantitative estimate of drug-likeness (QED) is 0.590. The highest BCUT2D eigenvalue weighted by molar-refractivity contribution is 5.89. The number of hydrogen-bond donors (Lipinski definition) is 2. The van der Waals surface area contributed by atoms with Crippen LogP contribution in [0.15, 0.2) is 55.0 Å². The van der Waals surface area contributed by atoms with Crippen molar-refractivity contribution in [2.45, 2.75) is 6.04 Å². The van der Waals surface area contributed by atoms with E-state index in [1.807, 2.05) is 18.3 Å². The van der Waals surface area contributed by atoms with Crippen LogP contribution >= 0.6 is 0 Å². The van der Waals surface area contributed by atoms with E-state index in [0.717, 1.165) is 16.8 Å². The van der Waals surface area contributed by atoms with Crippen molar-refractivity contribution in [1.82, 2.24) is 14.9 Å². The van der Waals surface area contributed by atoms with Gasteiger partial charge < -0.3 is 24.7 Å². The average molecular weight is 403 g/mol. The van der Waals surface area contributed by atoms with Gasteiger partial charge in [0.1, 0.15) is 18.4 Å². The number of hydrogen-bond acceptors (Lipinski definition) is 5. The number of ether oxygens (including phenoxy) is 2. The van der Waals surface area contributed by atoms with Crippen LogP contribution in [-0.4, -0.2) is 42.5 Å². The van der Waals surface area contributed by atoms with Gasteiger partial charge in [0.05, 0.1) is 36.4 Å². The number of aromatic nitrogens is 2. The van der Waals surface area contributed by atoms with Gasteiger partial charge in [-0.25, -0.2) is 9.78 Å². The van der Waals surface area contributed by atoms with Crippen LogP contribution in [0.5, 0.6) is 5.75 Å². The van der Waals surface area contributed by atoms with Crippen molar-refractivity contribution in [3.8, 4) is 23.1 Å². The SMILES string of the molecule is COCCOc1cc(NC(=O)NCC2c3ccccc3-c3cncn32)ccc1C#N. The lowest BCUT2D eigenvalue weighted by molar-refractivity contribution is 0.146. The van der Waals surface area contributed by atoms with Crippen molar-refractivity contribution in [1.29, 1.82) is 5.26 Å². The van der Waals surface area contributed by atoms with Crippen LogP contribution in [0.2, 0.25) is 0 Å². The molecule has 0 saturated carbocycles. The number of carbonyl (C=O) groups excluding carboxylic acids is 1. The minimum Gasteiger partial charge on any atom is -0.490 e. The summed E-state index contributed by atoms with van der Waals surface area (Å²) in [6.07, 6.45) is 3.62. The van der Waals surface area contributed by atoms with E-state index < -0.39 is 0 Å². The summed E-state index contributed by atoms with van der Waals surface area (Å²) < 4.78 is 12.6. The molecular weight excluding hydrogens is 382 g/mol. The zero-order valence-electron chi connectivity index (χ0n) is 16.5. The van der Waals surface area contributed by atoms with E-state index in [-0.39, 0.29) is 12.1 Å². The van der Waals surface area contributed by atoms with Crippen molar-refractivity contribution < 1.29 is 14.3 Å². The number of rotatable bonds is 7. The van der Waals surface area contributed by atoms with Crippen LogP contribution in [0.3, 0.4) is 0 Å². The maximum atomic E-state index is 12.5. The van der Waals surface area contributed by atoms with E-state index >= 15 is 0 Å². The topological polar surface area (TPSA) is 101 Å². The molecule has 0 bridgehead atoms. The van der Waals surface area contributed by atoms with Gasteiger partial charge in [-0.1, -0.05) is 24.3 Å². The van der Waals surface area contributed by atoms with E-state index in [1.54, 1.807) is 31.6 Å². The molecule has 2 aromatic carbocycles. The fourth-order valence-electron chi connectivity index (χ4n) is 3.55. The smallest absolute Gasteiger partial charge is 0.319 e. The van der Waals surface area contributed by atoms with Crippen LogP contribution in [-0.2, 0) is 4.74 Å². The van der Waals surface area contributed by atoms with E-state index in [9.17, 15) is 10.1 Å². The number of methoxy groups -OCH3 is 1. The zero-order chi connectivity index (χ0) is 20.9. The standard InChI is InChI=1S/C22H21N5O3/c1-29-8-9-30-21-10-16(7-6-15(21)11-23)26-22(28)25-13-20-18-5-3-2-4-17(18)19-12-24-14-27(19)20/h2-7,10,12,14,20H,8-9,13H2,1H3,(H2,25,26,28). The van der Waals surface area contributed by atoms with Gasteiger partial charge in [0.15, 0.2) is 0 Å². The Morgan fingerprint density at radius 3 is 2.97 bits per heavy atom. The Bertz CT molecular complexity index is 1100. The van der Waals surface area contributed by atoms with Crippen LogP contribution in [0, 0.1) is 11.3 Å². The highest BCUT2D eigenvalue weighted by Gasteiger charge is 2.28. The highest BCUT2D eigenvalue weighted by atomic mass is 16.5. The molecule has 30 heavy (non-hydrogen) atoms. The largest absolute Gasteiger partial charge is 0.490 e. The molecule has 1 unspecified atom stereocenters. The van der Waals surface area contributed by atoms with Crippen molar-refractivity contribution in [2.75, 3.05) is 32.2 Å². The molecule has 2 N–H and O–H groups in total. The van der Waals surface area contributed by atoms with E-state index in [2.05, 4.69) is 38.4 Å². The van der Waals surface area contributed by atoms with Crippen molar-refractivity contribution in [2.24, 2.45) is 0 Å². The second kappa shape index (κ2) is 8.68. The normalized spacial score (nSPS) is 13.8. The number of fused-ring (bicyclic) bond motifs is 3. The number of nitriles is 1. The zero-order valence-corrected chi connectivity index (χ0v) is 16.5. The van der Waals surface area contributed by atoms with Gasteiger partial charge >= 0.3 is 6.03 Å². The lowest BCUT2D eigenvalue weighted by atomic mass is 10.0. The molecular formula is C22H21N5O3. The molecule has 3 aromatic rings. The first kappa shape index (κ1) is 19.5. The highest BCUT2D eigenvalue weighted by Crippen LogP contribution is 2.38. The summed E-state index contributed by atoms with van der Waals surface area (Å²) in [7, 11) is 1.58. The molecule has 1 aliphatic heterocycles. The van der Waals surface area contributed by atoms with Crippen molar-refractivity contribution >= 4 is 11.7 Å². The molecule has 4 rings (SSSR count). The summed E-state index contributed by atoms with van der Waals surface area (Å²) in [5.41, 5.74) is 4.26. The second-order valence-corrected chi connectivity index (χ2v) is 6.79. The van der Waals surface area contributed by atoms with Crippen LogP contribution in [0.4, 0.5) is 10.5 Å². The van der Waals surface area contributed by atoms with Crippen molar-refractivity contribution in [3.05, 3.63) is 66.1 Å². The van der Waals surface area contributed by atoms with E-state index in [0.29, 0.717) is 36.8 Å². The lowest BCUT2D eigenvalue weighted by Crippen LogP contribution is -2.33. The third-order valence-corrected chi connectivity index (χ3v) is 4.96. The Labute approximate surface area is 174 Å². The fraction of sp³-hybridized carbons (Fsp3) is 0.227. The molecule has 0 fully saturated rings. The number of nitrogens with zero attached hydrogens (tertiary/aromatic N) is 3. The summed E-state index contributed by atoms with van der Waals surface area (Å²) in [4.78, 5) is 16.7.